The van der Waals surface area contributed by atoms with E-state index in [1.165, 1.54) is 12.0 Å². The average Bonchev–Trinajstić information content (AvgIpc) is 3.14. The summed E-state index contributed by atoms with van der Waals surface area (Å²) in [6.07, 6.45) is 1.16. The zero-order chi connectivity index (χ0) is 18.2. The fourth-order valence-corrected chi connectivity index (χ4v) is 2.80. The normalized spacial score (nSPS) is 17.7. The van der Waals surface area contributed by atoms with Gasteiger partial charge >= 0.3 is 12.1 Å². The highest BCUT2D eigenvalue weighted by molar-refractivity contribution is 5.90. The lowest BCUT2D eigenvalue weighted by Gasteiger charge is -2.25. The summed E-state index contributed by atoms with van der Waals surface area (Å²) < 4.78 is 9.98. The van der Waals surface area contributed by atoms with Crippen LogP contribution in [0.15, 0.2) is 30.3 Å². The highest BCUT2D eigenvalue weighted by Gasteiger charge is 2.36. The summed E-state index contributed by atoms with van der Waals surface area (Å²) in [6, 6.07) is 8.02. The van der Waals surface area contributed by atoms with Crippen LogP contribution >= 0.6 is 0 Å². The molecule has 0 spiro atoms. The van der Waals surface area contributed by atoms with Gasteiger partial charge in [-0.05, 0) is 24.8 Å². The molecule has 0 saturated carbocycles. The van der Waals surface area contributed by atoms with Crippen molar-refractivity contribution in [3.63, 3.8) is 0 Å². The van der Waals surface area contributed by atoms with Gasteiger partial charge in [0.25, 0.3) is 0 Å². The summed E-state index contributed by atoms with van der Waals surface area (Å²) in [6.45, 7) is 2.40. The number of nitrogens with zero attached hydrogens (tertiary/aromatic N) is 1. The van der Waals surface area contributed by atoms with Gasteiger partial charge in [0.2, 0.25) is 5.91 Å². The van der Waals surface area contributed by atoms with Crippen LogP contribution in [-0.2, 0) is 25.7 Å². The van der Waals surface area contributed by atoms with Gasteiger partial charge in [-0.25, -0.2) is 9.59 Å². The predicted molar refractivity (Wildman–Crippen MR) is 90.6 cm³/mol. The van der Waals surface area contributed by atoms with Crippen LogP contribution in [0.4, 0.5) is 4.79 Å². The first-order chi connectivity index (χ1) is 12.1. The monoisotopic (exact) mass is 348 g/mol. The number of likely N-dealkylation sites (tertiary alicyclic amines) is 1. The van der Waals surface area contributed by atoms with E-state index < -0.39 is 24.1 Å². The summed E-state index contributed by atoms with van der Waals surface area (Å²) in [4.78, 5) is 37.8. The second-order valence-corrected chi connectivity index (χ2v) is 5.88. The first kappa shape index (κ1) is 18.8. The van der Waals surface area contributed by atoms with Crippen molar-refractivity contribution in [3.05, 3.63) is 35.9 Å². The van der Waals surface area contributed by atoms with Gasteiger partial charge < -0.3 is 14.8 Å². The van der Waals surface area contributed by atoms with Crippen LogP contribution in [0.25, 0.3) is 0 Å². The van der Waals surface area contributed by atoms with Gasteiger partial charge in [0.05, 0.1) is 7.11 Å². The molecule has 0 radical (unpaired) electrons. The van der Waals surface area contributed by atoms with Crippen LogP contribution in [0.1, 0.15) is 31.7 Å². The van der Waals surface area contributed by atoms with Crippen molar-refractivity contribution in [2.45, 2.75) is 44.9 Å². The number of carbonyl (C=O) groups is 3. The maximum Gasteiger partial charge on any atom is 0.410 e. The van der Waals surface area contributed by atoms with Crippen molar-refractivity contribution in [2.75, 3.05) is 13.7 Å². The van der Waals surface area contributed by atoms with Crippen LogP contribution in [0, 0.1) is 0 Å². The smallest absolute Gasteiger partial charge is 0.410 e. The van der Waals surface area contributed by atoms with E-state index in [0.29, 0.717) is 25.8 Å². The second kappa shape index (κ2) is 9.05. The molecule has 1 fully saturated rings. The lowest BCUT2D eigenvalue weighted by atomic mass is 10.1. The molecule has 1 aromatic carbocycles. The second-order valence-electron chi connectivity index (χ2n) is 5.88. The minimum absolute atomic E-state index is 0.157. The number of benzene rings is 1. The molecule has 1 aromatic rings. The van der Waals surface area contributed by atoms with E-state index in [-0.39, 0.29) is 12.5 Å². The quantitative estimate of drug-likeness (QED) is 0.793. The third kappa shape index (κ3) is 4.95. The number of amides is 2. The Kier molecular flexibility index (Phi) is 6.80. The highest BCUT2D eigenvalue weighted by atomic mass is 16.6. The predicted octanol–water partition coefficient (Wildman–Crippen LogP) is 1.86. The molecule has 1 heterocycles. The van der Waals surface area contributed by atoms with Gasteiger partial charge in [0.15, 0.2) is 0 Å². The van der Waals surface area contributed by atoms with E-state index in [1.807, 2.05) is 30.3 Å². The van der Waals surface area contributed by atoms with Crippen molar-refractivity contribution in [1.29, 1.82) is 0 Å². The maximum absolute atomic E-state index is 12.5. The number of carbonyl (C=O) groups excluding carboxylic acids is 3. The third-order valence-corrected chi connectivity index (χ3v) is 4.21. The molecular formula is C18H24N2O5. The number of hydrogen-bond acceptors (Lipinski definition) is 5. The molecule has 0 unspecified atom stereocenters. The molecule has 25 heavy (non-hydrogen) atoms. The number of esters is 1. The number of methoxy groups -OCH3 is 1. The molecule has 136 valence electrons. The molecule has 7 heteroatoms. The topological polar surface area (TPSA) is 84.9 Å². The molecule has 0 aliphatic carbocycles. The van der Waals surface area contributed by atoms with Gasteiger partial charge in [-0.1, -0.05) is 37.3 Å². The zero-order valence-electron chi connectivity index (χ0n) is 14.6. The Labute approximate surface area is 147 Å². The average molecular weight is 348 g/mol. The standard InChI is InChI=1S/C18H24N2O5/c1-3-14(17(22)24-2)19-16(21)15-10-7-11-20(15)18(23)25-12-13-8-5-4-6-9-13/h4-6,8-9,14-15H,3,7,10-12H2,1-2H3,(H,19,21)/t14-,15+/m0/s1. The SMILES string of the molecule is CC[C@H](NC(=O)[C@H]1CCCN1C(=O)OCc1ccccc1)C(=O)OC. The van der Waals surface area contributed by atoms with E-state index in [4.69, 9.17) is 4.74 Å². The van der Waals surface area contributed by atoms with Crippen LogP contribution in [0.5, 0.6) is 0 Å². The van der Waals surface area contributed by atoms with Gasteiger partial charge in [-0.15, -0.1) is 0 Å². The summed E-state index contributed by atoms with van der Waals surface area (Å²) in [5.41, 5.74) is 0.882. The van der Waals surface area contributed by atoms with Gasteiger partial charge in [0, 0.05) is 6.54 Å². The van der Waals surface area contributed by atoms with Crippen LogP contribution < -0.4 is 5.32 Å². The molecule has 1 N–H and O–H groups in total. The van der Waals surface area contributed by atoms with E-state index in [0.717, 1.165) is 5.56 Å². The summed E-state index contributed by atoms with van der Waals surface area (Å²) in [5.74, 6) is -0.849. The molecule has 1 saturated heterocycles. The van der Waals surface area contributed by atoms with Crippen LogP contribution in [-0.4, -0.2) is 48.6 Å². The van der Waals surface area contributed by atoms with Gasteiger partial charge in [-0.3, -0.25) is 9.69 Å². The highest BCUT2D eigenvalue weighted by Crippen LogP contribution is 2.19. The number of ether oxygens (including phenoxy) is 2. The van der Waals surface area contributed by atoms with Crippen molar-refractivity contribution in [2.24, 2.45) is 0 Å². The van der Waals surface area contributed by atoms with Crippen molar-refractivity contribution in [3.8, 4) is 0 Å². The fraction of sp³-hybridized carbons (Fsp3) is 0.500. The van der Waals surface area contributed by atoms with Crippen LogP contribution in [0.3, 0.4) is 0 Å². The molecule has 2 rings (SSSR count). The molecule has 0 aromatic heterocycles. The first-order valence-corrected chi connectivity index (χ1v) is 8.42. The van der Waals surface area contributed by atoms with E-state index >= 15 is 0 Å². The number of hydrogen-bond donors (Lipinski definition) is 1. The molecule has 0 bridgehead atoms. The largest absolute Gasteiger partial charge is 0.467 e. The fourth-order valence-electron chi connectivity index (χ4n) is 2.80. The molecular weight excluding hydrogens is 324 g/mol. The Morgan fingerprint density at radius 1 is 1.28 bits per heavy atom. The number of rotatable bonds is 6. The van der Waals surface area contributed by atoms with Crippen molar-refractivity contribution in [1.82, 2.24) is 10.2 Å². The van der Waals surface area contributed by atoms with Crippen molar-refractivity contribution >= 4 is 18.0 Å². The Hall–Kier alpha value is -2.57. The van der Waals surface area contributed by atoms with E-state index in [9.17, 15) is 14.4 Å². The molecule has 1 aliphatic rings. The number of nitrogens with one attached hydrogen (secondary N) is 1. The summed E-state index contributed by atoms with van der Waals surface area (Å²) in [5, 5.41) is 2.66. The summed E-state index contributed by atoms with van der Waals surface area (Å²) >= 11 is 0. The van der Waals surface area contributed by atoms with Crippen molar-refractivity contribution < 1.29 is 23.9 Å². The maximum atomic E-state index is 12.5. The first-order valence-electron chi connectivity index (χ1n) is 8.42. The lowest BCUT2D eigenvalue weighted by Crippen LogP contribution is -2.51. The minimum atomic E-state index is -0.708. The molecule has 7 nitrogen and oxygen atoms in total. The van der Waals surface area contributed by atoms with E-state index in [1.54, 1.807) is 6.92 Å². The van der Waals surface area contributed by atoms with Gasteiger partial charge in [-0.2, -0.15) is 0 Å². The minimum Gasteiger partial charge on any atom is -0.467 e. The third-order valence-electron chi connectivity index (χ3n) is 4.21. The molecule has 2 amide bonds. The molecule has 1 aliphatic heterocycles. The molecule has 2 atom stereocenters. The Bertz CT molecular complexity index is 605. The Morgan fingerprint density at radius 3 is 2.64 bits per heavy atom. The summed E-state index contributed by atoms with van der Waals surface area (Å²) in [7, 11) is 1.28. The lowest BCUT2D eigenvalue weighted by molar-refractivity contribution is -0.145. The Morgan fingerprint density at radius 2 is 2.00 bits per heavy atom. The Balaban J connectivity index is 1.93. The van der Waals surface area contributed by atoms with Crippen LogP contribution in [0.2, 0.25) is 0 Å². The van der Waals surface area contributed by atoms with E-state index in [2.05, 4.69) is 10.1 Å². The zero-order valence-corrected chi connectivity index (χ0v) is 14.6. The van der Waals surface area contributed by atoms with Gasteiger partial charge in [0.1, 0.15) is 18.7 Å².